The van der Waals surface area contributed by atoms with Crippen LogP contribution in [0.2, 0.25) is 0 Å². The topological polar surface area (TPSA) is 52.0 Å². The molecule has 0 fully saturated rings. The molecule has 0 aliphatic rings. The van der Waals surface area contributed by atoms with Crippen molar-refractivity contribution in [2.24, 2.45) is 0 Å². The van der Waals surface area contributed by atoms with E-state index in [1.165, 1.54) is 6.20 Å². The average Bonchev–Trinajstić information content (AvgIpc) is 2.76. The fraction of sp³-hybridized carbons (Fsp3) is 0.308. The predicted octanol–water partition coefficient (Wildman–Crippen LogP) is 3.59. The maximum atomic E-state index is 11.4. The number of hydrogen-bond donors (Lipinski definition) is 0. The van der Waals surface area contributed by atoms with Crippen LogP contribution in [0, 0.1) is 3.57 Å². The summed E-state index contributed by atoms with van der Waals surface area (Å²) in [6.07, 6.45) is 1.50. The van der Waals surface area contributed by atoms with Crippen LogP contribution < -0.4 is 0 Å². The van der Waals surface area contributed by atoms with Crippen molar-refractivity contribution in [2.75, 3.05) is 0 Å². The van der Waals surface area contributed by atoms with Gasteiger partial charge in [0, 0.05) is 32.9 Å². The van der Waals surface area contributed by atoms with Crippen molar-refractivity contribution < 1.29 is 8.42 Å². The molecule has 1 heterocycles. The van der Waals surface area contributed by atoms with E-state index in [9.17, 15) is 8.42 Å². The van der Waals surface area contributed by atoms with Gasteiger partial charge in [-0.05, 0) is 40.3 Å². The number of imidazole rings is 1. The van der Waals surface area contributed by atoms with Gasteiger partial charge in [-0.3, -0.25) is 0 Å². The lowest BCUT2D eigenvalue weighted by molar-refractivity contribution is 0.606. The van der Waals surface area contributed by atoms with Gasteiger partial charge in [0.2, 0.25) is 0 Å². The van der Waals surface area contributed by atoms with Gasteiger partial charge in [0.05, 0.1) is 0 Å². The van der Waals surface area contributed by atoms with Crippen LogP contribution in [0.25, 0.3) is 0 Å². The predicted molar refractivity (Wildman–Crippen MR) is 87.6 cm³/mol. The highest BCUT2D eigenvalue weighted by atomic mass is 127. The zero-order valence-electron chi connectivity index (χ0n) is 11.0. The largest absolute Gasteiger partial charge is 0.329 e. The normalized spacial score (nSPS) is 12.1. The van der Waals surface area contributed by atoms with Crippen molar-refractivity contribution in [3.8, 4) is 0 Å². The molecule has 0 bridgehead atoms. The number of nitrogens with zero attached hydrogens (tertiary/aromatic N) is 2. The van der Waals surface area contributed by atoms with Crippen LogP contribution in [-0.2, 0) is 15.6 Å². The second-order valence-electron chi connectivity index (χ2n) is 4.78. The quantitative estimate of drug-likeness (QED) is 0.557. The fourth-order valence-electron chi connectivity index (χ4n) is 1.90. The second kappa shape index (κ2) is 6.03. The van der Waals surface area contributed by atoms with Crippen molar-refractivity contribution in [3.05, 3.63) is 45.4 Å². The molecule has 20 heavy (non-hydrogen) atoms. The van der Waals surface area contributed by atoms with E-state index in [0.29, 0.717) is 12.4 Å². The minimum atomic E-state index is -3.80. The van der Waals surface area contributed by atoms with E-state index in [4.69, 9.17) is 10.7 Å². The zero-order chi connectivity index (χ0) is 14.9. The van der Waals surface area contributed by atoms with Crippen LogP contribution in [-0.4, -0.2) is 18.0 Å². The minimum Gasteiger partial charge on any atom is -0.329 e. The van der Waals surface area contributed by atoms with Crippen LogP contribution in [0.1, 0.15) is 31.2 Å². The highest BCUT2D eigenvalue weighted by molar-refractivity contribution is 14.1. The smallest absolute Gasteiger partial charge is 0.280 e. The third-order valence-corrected chi connectivity index (χ3v) is 4.71. The summed E-state index contributed by atoms with van der Waals surface area (Å²) in [5, 5.41) is -0.0895. The Kier molecular flexibility index (Phi) is 4.76. The van der Waals surface area contributed by atoms with Crippen molar-refractivity contribution in [1.29, 1.82) is 0 Å². The zero-order valence-corrected chi connectivity index (χ0v) is 14.8. The molecule has 0 N–H and O–H groups in total. The Balaban J connectivity index is 2.40. The molecule has 0 atom stereocenters. The van der Waals surface area contributed by atoms with Gasteiger partial charge in [0.1, 0.15) is 5.82 Å². The molecule has 0 aliphatic heterocycles. The highest BCUT2D eigenvalue weighted by Gasteiger charge is 2.19. The van der Waals surface area contributed by atoms with Gasteiger partial charge < -0.3 is 4.57 Å². The van der Waals surface area contributed by atoms with Gasteiger partial charge in [-0.25, -0.2) is 13.4 Å². The lowest BCUT2D eigenvalue weighted by Crippen LogP contribution is -2.05. The Labute approximate surface area is 136 Å². The average molecular weight is 425 g/mol. The molecule has 0 aliphatic carbocycles. The first-order chi connectivity index (χ1) is 9.27. The molecule has 0 saturated heterocycles. The van der Waals surface area contributed by atoms with Crippen molar-refractivity contribution in [1.82, 2.24) is 9.55 Å². The summed E-state index contributed by atoms with van der Waals surface area (Å²) in [6.45, 7) is 4.51. The summed E-state index contributed by atoms with van der Waals surface area (Å²) < 4.78 is 25.8. The van der Waals surface area contributed by atoms with E-state index >= 15 is 0 Å². The molecular weight excluding hydrogens is 411 g/mol. The highest BCUT2D eigenvalue weighted by Crippen LogP contribution is 2.21. The van der Waals surface area contributed by atoms with Gasteiger partial charge >= 0.3 is 0 Å². The van der Waals surface area contributed by atoms with Crippen LogP contribution in [0.15, 0.2) is 35.5 Å². The fourth-order valence-corrected chi connectivity index (χ4v) is 2.94. The summed E-state index contributed by atoms with van der Waals surface area (Å²) >= 11 is 2.24. The molecule has 7 heteroatoms. The molecule has 0 radical (unpaired) electrons. The van der Waals surface area contributed by atoms with Crippen LogP contribution >= 0.6 is 33.3 Å². The first kappa shape index (κ1) is 15.8. The third kappa shape index (κ3) is 3.73. The van der Waals surface area contributed by atoms with Crippen LogP contribution in [0.5, 0.6) is 0 Å². The summed E-state index contributed by atoms with van der Waals surface area (Å²) in [5.41, 5.74) is 1.09. The van der Waals surface area contributed by atoms with Gasteiger partial charge in [0.15, 0.2) is 5.03 Å². The number of hydrogen-bond acceptors (Lipinski definition) is 3. The molecule has 4 nitrogen and oxygen atoms in total. The van der Waals surface area contributed by atoms with Gasteiger partial charge in [-0.1, -0.05) is 26.0 Å². The molecule has 1 aromatic carbocycles. The summed E-state index contributed by atoms with van der Waals surface area (Å²) in [5.74, 6) is 0.828. The van der Waals surface area contributed by atoms with E-state index in [0.717, 1.165) is 9.13 Å². The number of aromatic nitrogens is 2. The van der Waals surface area contributed by atoms with Crippen molar-refractivity contribution >= 4 is 42.3 Å². The van der Waals surface area contributed by atoms with Crippen LogP contribution in [0.3, 0.4) is 0 Å². The number of halogens is 2. The van der Waals surface area contributed by atoms with Crippen molar-refractivity contribution in [3.63, 3.8) is 0 Å². The Morgan fingerprint density at radius 1 is 1.30 bits per heavy atom. The number of rotatable bonds is 4. The first-order valence-corrected chi connectivity index (χ1v) is 9.42. The Morgan fingerprint density at radius 3 is 2.40 bits per heavy atom. The maximum Gasteiger partial charge on any atom is 0.280 e. The Morgan fingerprint density at radius 2 is 1.90 bits per heavy atom. The first-order valence-electron chi connectivity index (χ1n) is 6.03. The Hall–Kier alpha value is -0.600. The number of benzene rings is 1. The van der Waals surface area contributed by atoms with E-state index in [2.05, 4.69) is 27.6 Å². The maximum absolute atomic E-state index is 11.4. The molecular formula is C13H14ClIN2O2S. The lowest BCUT2D eigenvalue weighted by Gasteiger charge is -2.10. The Bertz CT molecular complexity index is 708. The summed E-state index contributed by atoms with van der Waals surface area (Å²) in [6, 6.07) is 8.06. The third-order valence-electron chi connectivity index (χ3n) is 2.82. The molecule has 2 aromatic rings. The van der Waals surface area contributed by atoms with Gasteiger partial charge in [-0.2, -0.15) is 0 Å². The van der Waals surface area contributed by atoms with E-state index in [1.807, 2.05) is 42.7 Å². The SMILES string of the molecule is CC(C)c1nc(S(=O)(=O)Cl)cn1Cc1ccc(I)cc1. The van der Waals surface area contributed by atoms with E-state index in [-0.39, 0.29) is 10.9 Å². The lowest BCUT2D eigenvalue weighted by atomic mass is 10.2. The molecule has 1 aromatic heterocycles. The molecule has 2 rings (SSSR count). The van der Waals surface area contributed by atoms with Crippen LogP contribution in [0.4, 0.5) is 0 Å². The molecule has 0 spiro atoms. The van der Waals surface area contributed by atoms with Gasteiger partial charge in [0.25, 0.3) is 9.05 Å². The monoisotopic (exact) mass is 424 g/mol. The standard InChI is InChI=1S/C13H14ClIN2O2S/c1-9(2)13-16-12(20(14,18)19)8-17(13)7-10-3-5-11(15)6-4-10/h3-6,8-9H,7H2,1-2H3. The van der Waals surface area contributed by atoms with Gasteiger partial charge in [-0.15, -0.1) is 0 Å². The molecule has 0 unspecified atom stereocenters. The summed E-state index contributed by atoms with van der Waals surface area (Å²) in [7, 11) is 1.57. The van der Waals surface area contributed by atoms with E-state index in [1.54, 1.807) is 0 Å². The molecule has 0 amide bonds. The molecule has 108 valence electrons. The second-order valence-corrected chi connectivity index (χ2v) is 8.54. The van der Waals surface area contributed by atoms with E-state index < -0.39 is 9.05 Å². The summed E-state index contributed by atoms with van der Waals surface area (Å²) in [4.78, 5) is 4.14. The van der Waals surface area contributed by atoms with Crippen molar-refractivity contribution in [2.45, 2.75) is 31.3 Å². The minimum absolute atomic E-state index is 0.0895. The molecule has 0 saturated carbocycles.